The highest BCUT2D eigenvalue weighted by atomic mass is 16.5. The van der Waals surface area contributed by atoms with Crippen molar-refractivity contribution >= 4 is 11.8 Å². The molecule has 0 saturated carbocycles. The molecule has 0 fully saturated rings. The molecule has 0 bridgehead atoms. The van der Waals surface area contributed by atoms with Crippen molar-refractivity contribution in [3.8, 4) is 0 Å². The maximum absolute atomic E-state index is 13.0. The summed E-state index contributed by atoms with van der Waals surface area (Å²) in [6, 6.07) is 16.8. The van der Waals surface area contributed by atoms with E-state index < -0.39 is 0 Å². The first-order valence-electron chi connectivity index (χ1n) is 9.25. The number of ether oxygens (including phenoxy) is 1. The average molecular weight is 368 g/mol. The summed E-state index contributed by atoms with van der Waals surface area (Å²) in [6.45, 7) is 5.66. The van der Waals surface area contributed by atoms with E-state index >= 15 is 0 Å². The highest BCUT2D eigenvalue weighted by Gasteiger charge is 2.20. The van der Waals surface area contributed by atoms with E-state index in [9.17, 15) is 9.59 Å². The van der Waals surface area contributed by atoms with Crippen LogP contribution in [0.3, 0.4) is 0 Å². The lowest BCUT2D eigenvalue weighted by atomic mass is 10.1. The lowest BCUT2D eigenvalue weighted by Gasteiger charge is -2.27. The number of hydrogen-bond donors (Lipinski definition) is 1. The Labute approximate surface area is 161 Å². The number of methoxy groups -OCH3 is 1. The monoisotopic (exact) mass is 368 g/mol. The van der Waals surface area contributed by atoms with Crippen LogP contribution in [0.5, 0.6) is 0 Å². The third-order valence-electron chi connectivity index (χ3n) is 4.26. The molecule has 144 valence electrons. The van der Waals surface area contributed by atoms with Gasteiger partial charge in [-0.15, -0.1) is 0 Å². The van der Waals surface area contributed by atoms with Gasteiger partial charge in [0.1, 0.15) is 0 Å². The Morgan fingerprint density at radius 2 is 1.74 bits per heavy atom. The molecule has 0 atom stereocenters. The molecule has 0 unspecified atom stereocenters. The molecule has 5 heteroatoms. The summed E-state index contributed by atoms with van der Waals surface area (Å²) in [4.78, 5) is 27.2. The summed E-state index contributed by atoms with van der Waals surface area (Å²) >= 11 is 0. The molecule has 0 spiro atoms. The smallest absolute Gasteiger partial charge is 0.254 e. The number of benzene rings is 2. The Kier molecular flexibility index (Phi) is 8.01. The minimum Gasteiger partial charge on any atom is -0.385 e. The molecule has 2 amide bonds. The first kappa shape index (κ1) is 20.6. The number of hydrogen-bond acceptors (Lipinski definition) is 3. The second-order valence-corrected chi connectivity index (χ2v) is 6.70. The van der Waals surface area contributed by atoms with Gasteiger partial charge in [0.15, 0.2) is 0 Å². The lowest BCUT2D eigenvalue weighted by molar-refractivity contribution is 0.0690. The fraction of sp³-hybridized carbons (Fsp3) is 0.364. The number of nitrogens with zero attached hydrogens (tertiary/aromatic N) is 1. The van der Waals surface area contributed by atoms with E-state index in [4.69, 9.17) is 4.74 Å². The Morgan fingerprint density at radius 1 is 1.04 bits per heavy atom. The molecule has 0 aliphatic rings. The molecule has 2 aromatic carbocycles. The Hall–Kier alpha value is -2.66. The summed E-state index contributed by atoms with van der Waals surface area (Å²) in [7, 11) is 1.63. The van der Waals surface area contributed by atoms with Gasteiger partial charge in [-0.25, -0.2) is 0 Å². The first-order chi connectivity index (χ1) is 13.0. The van der Waals surface area contributed by atoms with Crippen molar-refractivity contribution in [3.05, 3.63) is 71.3 Å². The largest absolute Gasteiger partial charge is 0.385 e. The van der Waals surface area contributed by atoms with Crippen LogP contribution in [-0.4, -0.2) is 43.0 Å². The van der Waals surface area contributed by atoms with Gasteiger partial charge in [-0.05, 0) is 44.0 Å². The van der Waals surface area contributed by atoms with Crippen molar-refractivity contribution in [1.82, 2.24) is 10.2 Å². The molecular formula is C22H28N2O3. The summed E-state index contributed by atoms with van der Waals surface area (Å²) in [5.74, 6) is -0.261. The maximum atomic E-state index is 13.0. The van der Waals surface area contributed by atoms with Crippen LogP contribution in [0.25, 0.3) is 0 Å². The fourth-order valence-corrected chi connectivity index (χ4v) is 2.75. The van der Waals surface area contributed by atoms with Crippen molar-refractivity contribution < 1.29 is 14.3 Å². The van der Waals surface area contributed by atoms with Crippen LogP contribution in [0, 0.1) is 0 Å². The van der Waals surface area contributed by atoms with Crippen LogP contribution >= 0.6 is 0 Å². The van der Waals surface area contributed by atoms with Gasteiger partial charge in [0.25, 0.3) is 11.8 Å². The summed E-state index contributed by atoms with van der Waals surface area (Å²) in [5, 5.41) is 2.85. The van der Waals surface area contributed by atoms with Crippen LogP contribution in [0.2, 0.25) is 0 Å². The Morgan fingerprint density at radius 3 is 2.41 bits per heavy atom. The summed E-state index contributed by atoms with van der Waals surface area (Å²) in [5.41, 5.74) is 2.08. The van der Waals surface area contributed by atoms with E-state index in [1.165, 1.54) is 0 Å². The third kappa shape index (κ3) is 6.22. The normalized spacial score (nSPS) is 10.7. The highest BCUT2D eigenvalue weighted by molar-refractivity contribution is 5.99. The summed E-state index contributed by atoms with van der Waals surface area (Å²) < 4.78 is 4.98. The van der Waals surface area contributed by atoms with Crippen molar-refractivity contribution in [1.29, 1.82) is 0 Å². The van der Waals surface area contributed by atoms with E-state index in [1.807, 2.05) is 49.1 Å². The first-order valence-corrected chi connectivity index (χ1v) is 9.25. The molecule has 2 aromatic rings. The zero-order valence-electron chi connectivity index (χ0n) is 16.3. The topological polar surface area (TPSA) is 58.6 Å². The number of amides is 2. The second kappa shape index (κ2) is 10.5. The zero-order valence-corrected chi connectivity index (χ0v) is 16.3. The molecule has 0 aliphatic carbocycles. The van der Waals surface area contributed by atoms with Crippen LogP contribution in [0.15, 0.2) is 54.6 Å². The van der Waals surface area contributed by atoms with Gasteiger partial charge in [0.2, 0.25) is 0 Å². The SMILES string of the molecule is COCCCNC(=O)c1cccc(C(=O)N(Cc2ccccc2)C(C)C)c1. The van der Waals surface area contributed by atoms with E-state index in [2.05, 4.69) is 5.32 Å². The number of nitrogens with one attached hydrogen (secondary N) is 1. The average Bonchev–Trinajstić information content (AvgIpc) is 2.69. The third-order valence-corrected chi connectivity index (χ3v) is 4.26. The molecule has 27 heavy (non-hydrogen) atoms. The number of carbonyl (C=O) groups excluding carboxylic acids is 2. The molecular weight excluding hydrogens is 340 g/mol. The van der Waals surface area contributed by atoms with E-state index in [1.54, 1.807) is 31.4 Å². The number of carbonyl (C=O) groups is 2. The lowest BCUT2D eigenvalue weighted by Crippen LogP contribution is -2.36. The van der Waals surface area contributed by atoms with Gasteiger partial charge in [0.05, 0.1) is 0 Å². The van der Waals surface area contributed by atoms with Gasteiger partial charge in [0, 0.05) is 44.0 Å². The molecule has 0 saturated heterocycles. The van der Waals surface area contributed by atoms with E-state index in [0.717, 1.165) is 12.0 Å². The molecule has 0 radical (unpaired) electrons. The zero-order chi connectivity index (χ0) is 19.6. The molecule has 0 aliphatic heterocycles. The van der Waals surface area contributed by atoms with Crippen molar-refractivity contribution in [2.45, 2.75) is 32.9 Å². The van der Waals surface area contributed by atoms with Crippen molar-refractivity contribution in [2.75, 3.05) is 20.3 Å². The molecule has 2 rings (SSSR count). The predicted molar refractivity (Wildman–Crippen MR) is 107 cm³/mol. The Balaban J connectivity index is 2.10. The van der Waals surface area contributed by atoms with E-state index in [0.29, 0.717) is 30.8 Å². The molecule has 0 aromatic heterocycles. The quantitative estimate of drug-likeness (QED) is 0.689. The molecule has 1 N–H and O–H groups in total. The highest BCUT2D eigenvalue weighted by Crippen LogP contribution is 2.15. The van der Waals surface area contributed by atoms with Crippen LogP contribution in [0.4, 0.5) is 0 Å². The predicted octanol–water partition coefficient (Wildman–Crippen LogP) is 3.50. The van der Waals surface area contributed by atoms with Gasteiger partial charge in [-0.1, -0.05) is 36.4 Å². The van der Waals surface area contributed by atoms with Gasteiger partial charge < -0.3 is 15.0 Å². The minimum absolute atomic E-state index is 0.0456. The van der Waals surface area contributed by atoms with Crippen LogP contribution < -0.4 is 5.32 Å². The van der Waals surface area contributed by atoms with Crippen LogP contribution in [-0.2, 0) is 11.3 Å². The number of rotatable bonds is 9. The maximum Gasteiger partial charge on any atom is 0.254 e. The second-order valence-electron chi connectivity index (χ2n) is 6.70. The van der Waals surface area contributed by atoms with Gasteiger partial charge >= 0.3 is 0 Å². The molecule has 5 nitrogen and oxygen atoms in total. The van der Waals surface area contributed by atoms with Gasteiger partial charge in [-0.2, -0.15) is 0 Å². The van der Waals surface area contributed by atoms with Crippen molar-refractivity contribution in [2.24, 2.45) is 0 Å². The Bertz CT molecular complexity index is 744. The standard InChI is InChI=1S/C22H28N2O3/c1-17(2)24(16-18-9-5-4-6-10-18)22(26)20-12-7-11-19(15-20)21(25)23-13-8-14-27-3/h4-7,9-12,15,17H,8,13-14,16H2,1-3H3,(H,23,25). The fourth-order valence-electron chi connectivity index (χ4n) is 2.75. The summed E-state index contributed by atoms with van der Waals surface area (Å²) in [6.07, 6.45) is 0.749. The van der Waals surface area contributed by atoms with E-state index in [-0.39, 0.29) is 17.9 Å². The minimum atomic E-state index is -0.181. The molecule has 0 heterocycles. The van der Waals surface area contributed by atoms with Crippen LogP contribution in [0.1, 0.15) is 46.5 Å². The van der Waals surface area contributed by atoms with Gasteiger partial charge in [-0.3, -0.25) is 9.59 Å². The van der Waals surface area contributed by atoms with Crippen molar-refractivity contribution in [3.63, 3.8) is 0 Å².